The monoisotopic (exact) mass is 468 g/mol. The van der Waals surface area contributed by atoms with Gasteiger partial charge in [0.15, 0.2) is 5.65 Å². The van der Waals surface area contributed by atoms with Crippen LogP contribution in [0.1, 0.15) is 29.8 Å². The zero-order chi connectivity index (χ0) is 24.8. The lowest BCUT2D eigenvalue weighted by molar-refractivity contribution is 0.0527. The molecule has 8 heteroatoms. The van der Waals surface area contributed by atoms with Crippen LogP contribution in [0.5, 0.6) is 11.6 Å². The zero-order valence-electron chi connectivity index (χ0n) is 19.7. The highest BCUT2D eigenvalue weighted by Gasteiger charge is 2.23. The van der Waals surface area contributed by atoms with Crippen molar-refractivity contribution in [1.82, 2.24) is 9.97 Å². The largest absolute Gasteiger partial charge is 0.497 e. The molecule has 0 aliphatic rings. The van der Waals surface area contributed by atoms with Crippen molar-refractivity contribution in [2.45, 2.75) is 13.8 Å². The summed E-state index contributed by atoms with van der Waals surface area (Å²) in [7, 11) is 1.59. The van der Waals surface area contributed by atoms with Gasteiger partial charge < -0.3 is 19.5 Å². The van der Waals surface area contributed by atoms with E-state index in [-0.39, 0.29) is 29.4 Å². The Morgan fingerprint density at radius 2 is 1.77 bits per heavy atom. The van der Waals surface area contributed by atoms with Crippen LogP contribution in [0, 0.1) is 11.3 Å². The summed E-state index contributed by atoms with van der Waals surface area (Å²) in [6.07, 6.45) is 0. The molecule has 1 N–H and O–H groups in total. The Morgan fingerprint density at radius 1 is 1.03 bits per heavy atom. The number of hydrogen-bond acceptors (Lipinski definition) is 8. The number of fused-ring (bicyclic) bond motifs is 1. The molecule has 0 fully saturated rings. The summed E-state index contributed by atoms with van der Waals surface area (Å²) in [4.78, 5) is 22.1. The number of pyridine rings is 2. The van der Waals surface area contributed by atoms with E-state index in [1.165, 1.54) is 0 Å². The van der Waals surface area contributed by atoms with Crippen LogP contribution < -0.4 is 14.8 Å². The summed E-state index contributed by atoms with van der Waals surface area (Å²) in [6, 6.07) is 20.5. The standard InChI is InChI=1S/C27H24N4O4/c1-4-34-26-22(16-28)23(17-9-7-6-8-10-17)20-15-21(27(32)35-5-2)25(30-24(20)31-26)29-18-11-13-19(33-3)14-12-18/h6-15H,4-5H2,1-3H3,(H,29,30,31). The predicted octanol–water partition coefficient (Wildman–Crippen LogP) is 5.50. The van der Waals surface area contributed by atoms with E-state index >= 15 is 0 Å². The van der Waals surface area contributed by atoms with Crippen LogP contribution in [0.15, 0.2) is 60.7 Å². The number of benzene rings is 2. The average Bonchev–Trinajstić information content (AvgIpc) is 2.89. The first kappa shape index (κ1) is 23.5. The number of nitrogens with zero attached hydrogens (tertiary/aromatic N) is 3. The van der Waals surface area contributed by atoms with Gasteiger partial charge in [-0.1, -0.05) is 30.3 Å². The van der Waals surface area contributed by atoms with Crippen LogP contribution in [0.3, 0.4) is 0 Å². The Hall–Kier alpha value is -4.64. The molecule has 0 saturated heterocycles. The van der Waals surface area contributed by atoms with Gasteiger partial charge >= 0.3 is 5.97 Å². The minimum atomic E-state index is -0.538. The second kappa shape index (κ2) is 10.5. The summed E-state index contributed by atoms with van der Waals surface area (Å²) in [5.41, 5.74) is 2.90. The number of esters is 1. The van der Waals surface area contributed by atoms with Crippen molar-refractivity contribution in [3.05, 3.63) is 71.8 Å². The van der Waals surface area contributed by atoms with Crippen molar-refractivity contribution in [3.63, 3.8) is 0 Å². The predicted molar refractivity (Wildman–Crippen MR) is 133 cm³/mol. The first-order valence-electron chi connectivity index (χ1n) is 11.1. The summed E-state index contributed by atoms with van der Waals surface area (Å²) >= 11 is 0. The van der Waals surface area contributed by atoms with Gasteiger partial charge in [-0.3, -0.25) is 0 Å². The van der Waals surface area contributed by atoms with Crippen molar-refractivity contribution in [3.8, 4) is 28.8 Å². The molecule has 0 unspecified atom stereocenters. The Morgan fingerprint density at radius 3 is 2.40 bits per heavy atom. The average molecular weight is 469 g/mol. The first-order valence-corrected chi connectivity index (χ1v) is 11.1. The maximum atomic E-state index is 12.9. The molecule has 0 amide bonds. The normalized spacial score (nSPS) is 10.5. The fourth-order valence-electron chi connectivity index (χ4n) is 3.69. The van der Waals surface area contributed by atoms with Gasteiger partial charge in [-0.15, -0.1) is 0 Å². The minimum Gasteiger partial charge on any atom is -0.497 e. The number of ether oxygens (including phenoxy) is 3. The van der Waals surface area contributed by atoms with Crippen molar-refractivity contribution >= 4 is 28.5 Å². The number of nitriles is 1. The van der Waals surface area contributed by atoms with Crippen LogP contribution in [-0.2, 0) is 4.74 Å². The molecule has 8 nitrogen and oxygen atoms in total. The Balaban J connectivity index is 1.98. The van der Waals surface area contributed by atoms with E-state index in [2.05, 4.69) is 21.4 Å². The smallest absolute Gasteiger partial charge is 0.341 e. The summed E-state index contributed by atoms with van der Waals surface area (Å²) in [5, 5.41) is 13.7. The topological polar surface area (TPSA) is 106 Å². The van der Waals surface area contributed by atoms with Crippen LogP contribution in [0.4, 0.5) is 11.5 Å². The molecule has 2 aromatic carbocycles. The summed E-state index contributed by atoms with van der Waals surface area (Å²) < 4.78 is 16.2. The number of anilines is 2. The van der Waals surface area contributed by atoms with E-state index in [0.29, 0.717) is 34.6 Å². The quantitative estimate of drug-likeness (QED) is 0.338. The van der Waals surface area contributed by atoms with E-state index in [9.17, 15) is 10.1 Å². The minimum absolute atomic E-state index is 0.188. The highest BCUT2D eigenvalue weighted by molar-refractivity contribution is 6.04. The third-order valence-corrected chi connectivity index (χ3v) is 5.25. The Bertz CT molecular complexity index is 1400. The lowest BCUT2D eigenvalue weighted by Gasteiger charge is -2.16. The molecule has 2 aromatic heterocycles. The molecular formula is C27H24N4O4. The molecule has 176 valence electrons. The molecule has 4 aromatic rings. The van der Waals surface area contributed by atoms with Crippen LogP contribution >= 0.6 is 0 Å². The summed E-state index contributed by atoms with van der Waals surface area (Å²) in [6.45, 7) is 4.10. The molecule has 0 bridgehead atoms. The maximum absolute atomic E-state index is 12.9. The highest BCUT2D eigenvalue weighted by Crippen LogP contribution is 2.37. The van der Waals surface area contributed by atoms with Crippen molar-refractivity contribution in [1.29, 1.82) is 5.26 Å². The number of carbonyl (C=O) groups excluding carboxylic acids is 1. The highest BCUT2D eigenvalue weighted by atomic mass is 16.5. The van der Waals surface area contributed by atoms with Gasteiger partial charge in [0.2, 0.25) is 5.88 Å². The van der Waals surface area contributed by atoms with Crippen LogP contribution in [0.25, 0.3) is 22.2 Å². The second-order valence-electron chi connectivity index (χ2n) is 7.41. The number of methoxy groups -OCH3 is 1. The number of hydrogen-bond donors (Lipinski definition) is 1. The molecular weight excluding hydrogens is 444 g/mol. The van der Waals surface area contributed by atoms with Gasteiger partial charge in [-0.2, -0.15) is 10.2 Å². The van der Waals surface area contributed by atoms with Crippen molar-refractivity contribution in [2.75, 3.05) is 25.6 Å². The molecule has 0 spiro atoms. The molecule has 0 aliphatic carbocycles. The second-order valence-corrected chi connectivity index (χ2v) is 7.41. The number of aromatic nitrogens is 2. The third-order valence-electron chi connectivity index (χ3n) is 5.25. The SMILES string of the molecule is CCOC(=O)c1cc2c(-c3ccccc3)c(C#N)c(OCC)nc2nc1Nc1ccc(OC)cc1. The van der Waals surface area contributed by atoms with Gasteiger partial charge in [-0.05, 0) is 49.7 Å². The van der Waals surface area contributed by atoms with E-state index in [1.54, 1.807) is 32.2 Å². The van der Waals surface area contributed by atoms with Crippen molar-refractivity contribution in [2.24, 2.45) is 0 Å². The number of carbonyl (C=O) groups is 1. The molecule has 0 radical (unpaired) electrons. The first-order chi connectivity index (χ1) is 17.1. The van der Waals surface area contributed by atoms with Gasteiger partial charge in [0.25, 0.3) is 0 Å². The molecule has 4 rings (SSSR count). The maximum Gasteiger partial charge on any atom is 0.341 e. The van der Waals surface area contributed by atoms with Gasteiger partial charge in [0, 0.05) is 16.6 Å². The molecule has 2 heterocycles. The van der Waals surface area contributed by atoms with Crippen molar-refractivity contribution < 1.29 is 19.0 Å². The fraction of sp³-hybridized carbons (Fsp3) is 0.185. The van der Waals surface area contributed by atoms with Gasteiger partial charge in [0.1, 0.15) is 28.8 Å². The summed E-state index contributed by atoms with van der Waals surface area (Å²) in [5.74, 6) is 0.629. The Kier molecular flexibility index (Phi) is 7.07. The van der Waals surface area contributed by atoms with Crippen LogP contribution in [0.2, 0.25) is 0 Å². The number of rotatable bonds is 8. The molecule has 0 aliphatic heterocycles. The molecule has 0 atom stereocenters. The molecule has 0 saturated carbocycles. The number of nitrogens with one attached hydrogen (secondary N) is 1. The fourth-order valence-corrected chi connectivity index (χ4v) is 3.69. The van der Waals surface area contributed by atoms with Gasteiger partial charge in [0.05, 0.1) is 20.3 Å². The van der Waals surface area contributed by atoms with E-state index < -0.39 is 5.97 Å². The zero-order valence-corrected chi connectivity index (χ0v) is 19.7. The van der Waals surface area contributed by atoms with Crippen LogP contribution in [-0.4, -0.2) is 36.3 Å². The molecule has 35 heavy (non-hydrogen) atoms. The lowest BCUT2D eigenvalue weighted by atomic mass is 9.97. The lowest BCUT2D eigenvalue weighted by Crippen LogP contribution is -2.11. The van der Waals surface area contributed by atoms with Gasteiger partial charge in [-0.25, -0.2) is 9.78 Å². The Labute approximate surface area is 203 Å². The van der Waals surface area contributed by atoms with E-state index in [4.69, 9.17) is 14.2 Å². The third kappa shape index (κ3) is 4.84. The van der Waals surface area contributed by atoms with E-state index in [1.807, 2.05) is 49.4 Å². The van der Waals surface area contributed by atoms with E-state index in [0.717, 1.165) is 5.56 Å².